The number of benzene rings is 1. The predicted octanol–water partition coefficient (Wildman–Crippen LogP) is 1.96. The maximum atomic E-state index is 9.20. The maximum absolute atomic E-state index is 9.20. The lowest BCUT2D eigenvalue weighted by atomic mass is 10.2. The van der Waals surface area contributed by atoms with Crippen LogP contribution in [-0.4, -0.2) is 24.4 Å². The van der Waals surface area contributed by atoms with Gasteiger partial charge in [0.1, 0.15) is 5.75 Å². The molecule has 0 bridgehead atoms. The molecule has 16 heavy (non-hydrogen) atoms. The van der Waals surface area contributed by atoms with Crippen LogP contribution in [0.4, 0.5) is 0 Å². The van der Waals surface area contributed by atoms with E-state index in [2.05, 4.69) is 5.32 Å². The molecule has 0 radical (unpaired) electrons. The van der Waals surface area contributed by atoms with Gasteiger partial charge in [-0.15, -0.1) is 0 Å². The van der Waals surface area contributed by atoms with Crippen LogP contribution in [0.15, 0.2) is 18.2 Å². The van der Waals surface area contributed by atoms with Crippen molar-refractivity contribution in [1.82, 2.24) is 5.32 Å². The zero-order chi connectivity index (χ0) is 11.6. The molecule has 1 aliphatic rings. The van der Waals surface area contributed by atoms with Gasteiger partial charge in [0.2, 0.25) is 0 Å². The number of methoxy groups -OCH3 is 1. The molecule has 1 aromatic carbocycles. The number of nitrogens with one attached hydrogen (secondary N) is 1. The molecule has 0 spiro atoms. The number of aliphatic hydroxyl groups excluding tert-OH is 1. The Morgan fingerprint density at radius 1 is 1.50 bits per heavy atom. The Balaban J connectivity index is 2.05. The van der Waals surface area contributed by atoms with Gasteiger partial charge in [-0.25, -0.2) is 0 Å². The molecule has 3 nitrogen and oxygen atoms in total. The molecule has 1 fully saturated rings. The first-order valence-corrected chi connectivity index (χ1v) is 5.75. The van der Waals surface area contributed by atoms with Gasteiger partial charge in [-0.3, -0.25) is 0 Å². The van der Waals surface area contributed by atoms with Gasteiger partial charge >= 0.3 is 0 Å². The summed E-state index contributed by atoms with van der Waals surface area (Å²) in [5.41, 5.74) is 0.961. The SMILES string of the molecule is COc1ccc(Cl)cc1CNC1(CO)CC1. The summed E-state index contributed by atoms with van der Waals surface area (Å²) >= 11 is 5.94. The number of ether oxygens (including phenoxy) is 1. The lowest BCUT2D eigenvalue weighted by Gasteiger charge is -2.16. The topological polar surface area (TPSA) is 41.5 Å². The van der Waals surface area contributed by atoms with E-state index in [0.717, 1.165) is 24.2 Å². The van der Waals surface area contributed by atoms with Gasteiger partial charge in [-0.05, 0) is 31.0 Å². The van der Waals surface area contributed by atoms with Gasteiger partial charge in [-0.1, -0.05) is 11.6 Å². The zero-order valence-electron chi connectivity index (χ0n) is 9.29. The van der Waals surface area contributed by atoms with Gasteiger partial charge in [0.25, 0.3) is 0 Å². The second-order valence-corrected chi connectivity index (χ2v) is 4.68. The molecular weight excluding hydrogens is 226 g/mol. The summed E-state index contributed by atoms with van der Waals surface area (Å²) in [5, 5.41) is 13.2. The first-order chi connectivity index (χ1) is 7.69. The lowest BCUT2D eigenvalue weighted by molar-refractivity contribution is 0.229. The normalized spacial score (nSPS) is 17.2. The first-order valence-electron chi connectivity index (χ1n) is 5.37. The predicted molar refractivity (Wildman–Crippen MR) is 63.9 cm³/mol. The first kappa shape index (κ1) is 11.7. The number of hydrogen-bond donors (Lipinski definition) is 2. The standard InChI is InChI=1S/C12H16ClNO2/c1-16-11-3-2-10(13)6-9(11)7-14-12(8-15)4-5-12/h2-3,6,14-15H,4-5,7-8H2,1H3. The summed E-state index contributed by atoms with van der Waals surface area (Å²) in [6.07, 6.45) is 2.07. The Morgan fingerprint density at radius 3 is 2.81 bits per heavy atom. The van der Waals surface area contributed by atoms with Crippen LogP contribution in [-0.2, 0) is 6.54 Å². The highest BCUT2D eigenvalue weighted by atomic mass is 35.5. The molecule has 0 aromatic heterocycles. The largest absolute Gasteiger partial charge is 0.496 e. The number of aliphatic hydroxyl groups is 1. The van der Waals surface area contributed by atoms with Gasteiger partial charge in [-0.2, -0.15) is 0 Å². The highest BCUT2D eigenvalue weighted by molar-refractivity contribution is 6.30. The molecule has 0 saturated heterocycles. The van der Waals surface area contributed by atoms with Crippen molar-refractivity contribution in [2.45, 2.75) is 24.9 Å². The lowest BCUT2D eigenvalue weighted by Crippen LogP contribution is -2.34. The van der Waals surface area contributed by atoms with Gasteiger partial charge in [0.15, 0.2) is 0 Å². The summed E-state index contributed by atoms with van der Waals surface area (Å²) in [6, 6.07) is 5.56. The summed E-state index contributed by atoms with van der Waals surface area (Å²) in [6.45, 7) is 0.861. The summed E-state index contributed by atoms with van der Waals surface area (Å²) in [7, 11) is 1.64. The van der Waals surface area contributed by atoms with Crippen LogP contribution in [0.1, 0.15) is 18.4 Å². The second-order valence-electron chi connectivity index (χ2n) is 4.25. The molecular formula is C12H16ClNO2. The third-order valence-corrected chi connectivity index (χ3v) is 3.29. The van der Waals surface area contributed by atoms with Crippen molar-refractivity contribution in [3.63, 3.8) is 0 Å². The van der Waals surface area contributed by atoms with E-state index >= 15 is 0 Å². The van der Waals surface area contributed by atoms with E-state index in [-0.39, 0.29) is 12.1 Å². The Bertz CT molecular complexity index is 377. The van der Waals surface area contributed by atoms with Crippen molar-refractivity contribution in [3.05, 3.63) is 28.8 Å². The van der Waals surface area contributed by atoms with Crippen molar-refractivity contribution in [1.29, 1.82) is 0 Å². The molecule has 4 heteroatoms. The molecule has 88 valence electrons. The maximum Gasteiger partial charge on any atom is 0.123 e. The molecule has 1 aliphatic carbocycles. The molecule has 2 rings (SSSR count). The molecule has 0 heterocycles. The number of hydrogen-bond acceptors (Lipinski definition) is 3. The molecule has 1 saturated carbocycles. The van der Waals surface area contributed by atoms with Crippen molar-refractivity contribution < 1.29 is 9.84 Å². The van der Waals surface area contributed by atoms with Crippen molar-refractivity contribution in [2.75, 3.05) is 13.7 Å². The molecule has 2 N–H and O–H groups in total. The van der Waals surface area contributed by atoms with Crippen LogP contribution in [0, 0.1) is 0 Å². The second kappa shape index (κ2) is 4.62. The molecule has 1 aromatic rings. The Hall–Kier alpha value is -0.770. The monoisotopic (exact) mass is 241 g/mol. The third-order valence-electron chi connectivity index (χ3n) is 3.05. The number of rotatable bonds is 5. The molecule has 0 unspecified atom stereocenters. The fourth-order valence-electron chi connectivity index (χ4n) is 1.71. The van der Waals surface area contributed by atoms with E-state index in [1.807, 2.05) is 18.2 Å². The summed E-state index contributed by atoms with van der Waals surface area (Å²) < 4.78 is 5.26. The van der Waals surface area contributed by atoms with Crippen LogP contribution >= 0.6 is 11.6 Å². The third kappa shape index (κ3) is 2.48. The van der Waals surface area contributed by atoms with Crippen LogP contribution in [0.25, 0.3) is 0 Å². The van der Waals surface area contributed by atoms with E-state index in [1.165, 1.54) is 0 Å². The fraction of sp³-hybridized carbons (Fsp3) is 0.500. The van der Waals surface area contributed by atoms with Gasteiger partial charge < -0.3 is 15.2 Å². The van der Waals surface area contributed by atoms with Crippen molar-refractivity contribution in [3.8, 4) is 5.75 Å². The van der Waals surface area contributed by atoms with Crippen molar-refractivity contribution >= 4 is 11.6 Å². The van der Waals surface area contributed by atoms with Crippen LogP contribution in [0.2, 0.25) is 5.02 Å². The quantitative estimate of drug-likeness (QED) is 0.828. The Labute approximate surface area is 100 Å². The minimum Gasteiger partial charge on any atom is -0.496 e. The fourth-order valence-corrected chi connectivity index (χ4v) is 1.90. The summed E-state index contributed by atoms with van der Waals surface area (Å²) in [4.78, 5) is 0. The van der Waals surface area contributed by atoms with Crippen LogP contribution in [0.3, 0.4) is 0 Å². The van der Waals surface area contributed by atoms with Crippen LogP contribution in [0.5, 0.6) is 5.75 Å². The molecule has 0 amide bonds. The minimum absolute atomic E-state index is 0.0622. The van der Waals surface area contributed by atoms with E-state index in [4.69, 9.17) is 16.3 Å². The smallest absolute Gasteiger partial charge is 0.123 e. The van der Waals surface area contributed by atoms with Crippen molar-refractivity contribution in [2.24, 2.45) is 0 Å². The van der Waals surface area contributed by atoms with E-state index in [0.29, 0.717) is 11.6 Å². The Morgan fingerprint density at radius 2 is 2.25 bits per heavy atom. The van der Waals surface area contributed by atoms with E-state index < -0.39 is 0 Å². The Kier molecular flexibility index (Phi) is 3.38. The highest BCUT2D eigenvalue weighted by Crippen LogP contribution is 2.35. The average Bonchev–Trinajstić information content (AvgIpc) is 3.07. The minimum atomic E-state index is -0.0622. The van der Waals surface area contributed by atoms with Crippen LogP contribution < -0.4 is 10.1 Å². The molecule has 0 atom stereocenters. The average molecular weight is 242 g/mol. The number of halogens is 1. The molecule has 0 aliphatic heterocycles. The highest BCUT2D eigenvalue weighted by Gasteiger charge is 2.41. The van der Waals surface area contributed by atoms with E-state index in [1.54, 1.807) is 7.11 Å². The van der Waals surface area contributed by atoms with Gasteiger partial charge in [0, 0.05) is 22.7 Å². The van der Waals surface area contributed by atoms with Gasteiger partial charge in [0.05, 0.1) is 13.7 Å². The van der Waals surface area contributed by atoms with E-state index in [9.17, 15) is 5.11 Å². The zero-order valence-corrected chi connectivity index (χ0v) is 10.0. The summed E-state index contributed by atoms with van der Waals surface area (Å²) in [5.74, 6) is 0.825.